The third-order valence-corrected chi connectivity index (χ3v) is 0. The van der Waals surface area contributed by atoms with E-state index in [2.05, 4.69) is 0 Å². The van der Waals surface area contributed by atoms with Crippen LogP contribution in [-0.2, 0) is 27.5 Å². The molecule has 0 aromatic rings. The molecule has 1 radical (unpaired) electrons. The Kier molecular flexibility index (Phi) is 429. The van der Waals surface area contributed by atoms with Crippen molar-refractivity contribution in [2.24, 2.45) is 0 Å². The maximum atomic E-state index is 8.34. The van der Waals surface area contributed by atoms with Gasteiger partial charge < -0.3 is 16.4 Å². The van der Waals surface area contributed by atoms with E-state index in [1.807, 2.05) is 0 Å². The van der Waals surface area contributed by atoms with Gasteiger partial charge >= 0.3 is 29.0 Å². The molecule has 0 aromatic heterocycles. The van der Waals surface area contributed by atoms with Crippen LogP contribution in [0.15, 0.2) is 0 Å². The maximum absolute atomic E-state index is 8.34. The van der Waals surface area contributed by atoms with Gasteiger partial charge in [-0.25, -0.2) is 0 Å². The molecule has 6 N–H and O–H groups in total. The van der Waals surface area contributed by atoms with Crippen molar-refractivity contribution >= 4 is 0 Å². The molecule has 0 rings (SSSR count). The molecule has 0 aliphatic rings. The summed E-state index contributed by atoms with van der Waals surface area (Å²) < 4.78 is 8.34. The van der Waals surface area contributed by atoms with Crippen molar-refractivity contribution in [1.29, 1.82) is 0 Å². The fourth-order valence-corrected chi connectivity index (χ4v) is 0. The summed E-state index contributed by atoms with van der Waals surface area (Å²) in [5.41, 5.74) is 0. The topological polar surface area (TPSA) is 112 Å². The fraction of sp³-hybridized carbons (Fsp3) is 0. The molecule has 0 aliphatic heterocycles. The van der Waals surface area contributed by atoms with Crippen LogP contribution in [0.1, 0.15) is 1.43 Å². The summed E-state index contributed by atoms with van der Waals surface area (Å²) >= 11 is 0.300. The Labute approximate surface area is 159 Å². The van der Waals surface area contributed by atoms with Crippen LogP contribution >= 0.6 is 0 Å². The monoisotopic (exact) mass is 582 g/mol. The first-order chi connectivity index (χ1) is 1.00. The summed E-state index contributed by atoms with van der Waals surface area (Å²) in [6, 6.07) is 0. The molecule has 4 nitrogen and oxygen atoms in total. The number of hydrogen-bond donors (Lipinski definition) is 0. The normalized spacial score (nSPS) is 0.375. The molecule has 0 amide bonds. The molecular formula is H7CeLaNdO4Zr+. The van der Waals surface area contributed by atoms with Crippen molar-refractivity contribution in [3.63, 3.8) is 0 Å². The van der Waals surface area contributed by atoms with E-state index in [4.69, 9.17) is 2.81 Å². The van der Waals surface area contributed by atoms with Crippen LogP contribution in [0.2, 0.25) is 0 Å². The Hall–Kier alpha value is 4.49. The Morgan fingerprint density at radius 3 is 1.00 bits per heavy atom. The minimum absolute atomic E-state index is 0. The molecule has 0 heterocycles. The van der Waals surface area contributed by atoms with Crippen LogP contribution < -0.4 is 0 Å². The average molecular weight is 586 g/mol. The van der Waals surface area contributed by atoms with Crippen LogP contribution in [0, 0.1) is 118 Å². The number of hydrogen-bond acceptors (Lipinski definition) is 1. The molecule has 0 bridgehead atoms. The molecule has 8 heteroatoms. The summed E-state index contributed by atoms with van der Waals surface area (Å²) in [6.45, 7) is 0. The first-order valence-corrected chi connectivity index (χ1v) is 1.21. The Bertz CT molecular complexity index is 20.5. The second kappa shape index (κ2) is 62.8. The van der Waals surface area contributed by atoms with Gasteiger partial charge in [0.15, 0.2) is 0 Å². The van der Waals surface area contributed by atoms with Crippen LogP contribution in [-0.4, -0.2) is 16.4 Å². The SMILES string of the molecule is O.O.O.[Ce].[H+].[La].[Nd].[O]=[Zr]. The van der Waals surface area contributed by atoms with Crippen molar-refractivity contribution in [3.8, 4) is 0 Å². The van der Waals surface area contributed by atoms with Gasteiger partial charge in [0, 0.05) is 118 Å². The van der Waals surface area contributed by atoms with Gasteiger partial charge in [0.05, 0.1) is 0 Å². The molecule has 0 spiro atoms. The van der Waals surface area contributed by atoms with E-state index in [9.17, 15) is 0 Å². The molecule has 0 aliphatic carbocycles. The van der Waals surface area contributed by atoms with E-state index >= 15 is 0 Å². The summed E-state index contributed by atoms with van der Waals surface area (Å²) in [4.78, 5) is 0. The van der Waals surface area contributed by atoms with Crippen LogP contribution in [0.25, 0.3) is 0 Å². The second-order valence-corrected chi connectivity index (χ2v) is 0. The second-order valence-electron chi connectivity index (χ2n) is 0. The van der Waals surface area contributed by atoms with Crippen molar-refractivity contribution in [2.75, 3.05) is 0 Å². The Morgan fingerprint density at radius 1 is 1.00 bits per heavy atom. The van der Waals surface area contributed by atoms with Gasteiger partial charge in [0.25, 0.3) is 0 Å². The summed E-state index contributed by atoms with van der Waals surface area (Å²) in [6.07, 6.45) is 0. The molecule has 0 aromatic carbocycles. The zero-order valence-electron chi connectivity index (χ0n) is 4.99. The van der Waals surface area contributed by atoms with Crippen LogP contribution in [0.5, 0.6) is 0 Å². The zero-order valence-corrected chi connectivity index (χ0v) is 16.4. The van der Waals surface area contributed by atoms with Gasteiger partial charge in [-0.15, -0.1) is 0 Å². The van der Waals surface area contributed by atoms with E-state index in [0.29, 0.717) is 24.7 Å². The van der Waals surface area contributed by atoms with Gasteiger partial charge in [-0.1, -0.05) is 0 Å². The van der Waals surface area contributed by atoms with E-state index in [-0.39, 0.29) is 136 Å². The van der Waals surface area contributed by atoms with Crippen molar-refractivity contribution in [1.82, 2.24) is 0 Å². The van der Waals surface area contributed by atoms with E-state index in [1.54, 1.807) is 0 Å². The summed E-state index contributed by atoms with van der Waals surface area (Å²) in [7, 11) is 0. The Morgan fingerprint density at radius 2 is 1.00 bits per heavy atom. The predicted molar refractivity (Wildman–Crippen MR) is 12.6 cm³/mol. The van der Waals surface area contributed by atoms with Crippen molar-refractivity contribution in [2.45, 2.75) is 0 Å². The van der Waals surface area contributed by atoms with Gasteiger partial charge in [-0.3, -0.25) is 0 Å². The van der Waals surface area contributed by atoms with Crippen LogP contribution in [0.3, 0.4) is 0 Å². The molecule has 0 atom stereocenters. The minimum atomic E-state index is 0. The standard InChI is InChI=1S/Ce.La.Nd.3H2O.O.Zr/h;;;3*1H2;;/p+1. The molecule has 0 unspecified atom stereocenters. The quantitative estimate of drug-likeness (QED) is 0.308. The molecule has 45 valence electrons. The Balaban J connectivity index is -0.000000000238. The molecule has 0 fully saturated rings. The summed E-state index contributed by atoms with van der Waals surface area (Å²) in [5, 5.41) is 0. The molecule has 0 saturated heterocycles. The van der Waals surface area contributed by atoms with Crippen molar-refractivity contribution in [3.05, 3.63) is 0 Å². The first kappa shape index (κ1) is 54.7. The molecule has 0 saturated carbocycles. The third-order valence-electron chi connectivity index (χ3n) is 0. The van der Waals surface area contributed by atoms with E-state index < -0.39 is 0 Å². The van der Waals surface area contributed by atoms with E-state index in [0.717, 1.165) is 0 Å². The average Bonchev–Trinajstić information content (AvgIpc) is 1.00. The zero-order chi connectivity index (χ0) is 2.00. The summed E-state index contributed by atoms with van der Waals surface area (Å²) in [5.74, 6) is 0. The predicted octanol–water partition coefficient (Wildman–Crippen LogP) is -2.48. The number of rotatable bonds is 0. The van der Waals surface area contributed by atoms with Crippen LogP contribution in [0.4, 0.5) is 0 Å². The van der Waals surface area contributed by atoms with E-state index in [1.165, 1.54) is 0 Å². The molecule has 8 heavy (non-hydrogen) atoms. The third kappa shape index (κ3) is 46.9. The molecular weight excluding hydrogens is 578 g/mol. The van der Waals surface area contributed by atoms with Gasteiger partial charge in [0.2, 0.25) is 0 Å². The fourth-order valence-electron chi connectivity index (χ4n) is 0. The van der Waals surface area contributed by atoms with Gasteiger partial charge in [-0.05, 0) is 0 Å². The van der Waals surface area contributed by atoms with Crippen molar-refractivity contribution < 1.29 is 164 Å². The van der Waals surface area contributed by atoms with Gasteiger partial charge in [-0.2, -0.15) is 0 Å². The van der Waals surface area contributed by atoms with Gasteiger partial charge in [0.1, 0.15) is 0 Å². The first-order valence-electron chi connectivity index (χ1n) is 0.204.